The lowest BCUT2D eigenvalue weighted by atomic mass is 9.91. The fourth-order valence-electron chi connectivity index (χ4n) is 2.29. The van der Waals surface area contributed by atoms with Gasteiger partial charge in [0.05, 0.1) is 11.5 Å². The maximum absolute atomic E-state index is 11.1. The van der Waals surface area contributed by atoms with Crippen LogP contribution in [0.15, 0.2) is 18.2 Å². The monoisotopic (exact) mass is 251 g/mol. The fourth-order valence-corrected chi connectivity index (χ4v) is 2.29. The fraction of sp³-hybridized carbons (Fsp3) is 0.500. The van der Waals surface area contributed by atoms with Gasteiger partial charge in [-0.2, -0.15) is 0 Å². The molecule has 0 unspecified atom stereocenters. The first-order valence-electron chi connectivity index (χ1n) is 6.05. The Morgan fingerprint density at radius 2 is 2.22 bits per heavy atom. The number of anilines is 2. The average Bonchev–Trinajstić information content (AvgIpc) is 2.25. The molecule has 0 heterocycles. The maximum atomic E-state index is 11.1. The van der Waals surface area contributed by atoms with Gasteiger partial charge in [-0.25, -0.2) is 0 Å². The minimum Gasteiger partial charge on any atom is -0.395 e. The SMILES string of the molecule is Nc1cccc(N(CCO)C2CCC2)c1[N+](=O)[O-]. The first kappa shape index (κ1) is 12.6. The Balaban J connectivity index is 2.39. The van der Waals surface area contributed by atoms with Crippen molar-refractivity contribution in [1.82, 2.24) is 0 Å². The van der Waals surface area contributed by atoms with E-state index in [0.717, 1.165) is 19.3 Å². The number of hydrogen-bond acceptors (Lipinski definition) is 5. The van der Waals surface area contributed by atoms with Crippen LogP contribution in [0.5, 0.6) is 0 Å². The van der Waals surface area contributed by atoms with Crippen molar-refractivity contribution in [3.63, 3.8) is 0 Å². The number of nitro groups is 1. The number of nitrogen functional groups attached to an aromatic ring is 1. The van der Waals surface area contributed by atoms with Gasteiger partial charge in [-0.1, -0.05) is 6.07 Å². The van der Waals surface area contributed by atoms with E-state index in [-0.39, 0.29) is 24.0 Å². The Labute approximate surface area is 105 Å². The van der Waals surface area contributed by atoms with Crippen LogP contribution in [0.3, 0.4) is 0 Å². The quantitative estimate of drug-likeness (QED) is 0.470. The summed E-state index contributed by atoms with van der Waals surface area (Å²) in [7, 11) is 0. The lowest BCUT2D eigenvalue weighted by Crippen LogP contribution is -2.42. The number of nitrogens with two attached hydrogens (primary N) is 1. The van der Waals surface area contributed by atoms with Gasteiger partial charge >= 0.3 is 5.69 Å². The number of benzene rings is 1. The number of nitro benzene ring substituents is 1. The van der Waals surface area contributed by atoms with E-state index in [1.807, 2.05) is 4.90 Å². The van der Waals surface area contributed by atoms with Crippen molar-refractivity contribution in [2.45, 2.75) is 25.3 Å². The molecule has 0 spiro atoms. The Bertz CT molecular complexity index is 446. The van der Waals surface area contributed by atoms with E-state index in [2.05, 4.69) is 0 Å². The standard InChI is InChI=1S/C12H17N3O3/c13-10-5-2-6-11(12(10)15(17)18)14(7-8-16)9-3-1-4-9/h2,5-6,9,16H,1,3-4,7-8,13H2. The molecule has 1 aliphatic carbocycles. The summed E-state index contributed by atoms with van der Waals surface area (Å²) in [4.78, 5) is 12.6. The summed E-state index contributed by atoms with van der Waals surface area (Å²) in [5.74, 6) is 0. The van der Waals surface area contributed by atoms with Gasteiger partial charge in [-0.15, -0.1) is 0 Å². The average molecular weight is 251 g/mol. The highest BCUT2D eigenvalue weighted by atomic mass is 16.6. The Hall–Kier alpha value is -1.82. The summed E-state index contributed by atoms with van der Waals surface area (Å²) in [6.07, 6.45) is 3.14. The molecule has 6 nitrogen and oxygen atoms in total. The number of aliphatic hydroxyl groups is 1. The topological polar surface area (TPSA) is 92.6 Å². The van der Waals surface area contributed by atoms with Crippen molar-refractivity contribution in [3.8, 4) is 0 Å². The molecule has 1 fully saturated rings. The van der Waals surface area contributed by atoms with Gasteiger partial charge in [0, 0.05) is 12.6 Å². The lowest BCUT2D eigenvalue weighted by Gasteiger charge is -2.38. The molecule has 18 heavy (non-hydrogen) atoms. The zero-order chi connectivity index (χ0) is 13.1. The highest BCUT2D eigenvalue weighted by Gasteiger charge is 2.30. The van der Waals surface area contributed by atoms with Crippen LogP contribution < -0.4 is 10.6 Å². The van der Waals surface area contributed by atoms with Crippen molar-refractivity contribution in [1.29, 1.82) is 0 Å². The Morgan fingerprint density at radius 1 is 1.50 bits per heavy atom. The van der Waals surface area contributed by atoms with Gasteiger partial charge in [0.1, 0.15) is 11.4 Å². The van der Waals surface area contributed by atoms with Gasteiger partial charge in [0.25, 0.3) is 0 Å². The molecule has 0 aliphatic heterocycles. The molecule has 0 atom stereocenters. The molecule has 0 radical (unpaired) electrons. The van der Waals surface area contributed by atoms with E-state index in [9.17, 15) is 10.1 Å². The number of aliphatic hydroxyl groups excluding tert-OH is 1. The number of rotatable bonds is 5. The smallest absolute Gasteiger partial charge is 0.315 e. The summed E-state index contributed by atoms with van der Waals surface area (Å²) in [5, 5.41) is 20.2. The van der Waals surface area contributed by atoms with Crippen LogP contribution in [0, 0.1) is 10.1 Å². The zero-order valence-electron chi connectivity index (χ0n) is 10.1. The van der Waals surface area contributed by atoms with E-state index in [1.54, 1.807) is 12.1 Å². The minimum atomic E-state index is -0.451. The number of hydrogen-bond donors (Lipinski definition) is 2. The van der Waals surface area contributed by atoms with Crippen molar-refractivity contribution < 1.29 is 10.0 Å². The van der Waals surface area contributed by atoms with Crippen LogP contribution in [0.1, 0.15) is 19.3 Å². The van der Waals surface area contributed by atoms with Crippen LogP contribution in [0.2, 0.25) is 0 Å². The second-order valence-corrected chi connectivity index (χ2v) is 4.47. The van der Waals surface area contributed by atoms with Crippen molar-refractivity contribution >= 4 is 17.1 Å². The summed E-state index contributed by atoms with van der Waals surface area (Å²) in [5.41, 5.74) is 6.31. The van der Waals surface area contributed by atoms with Crippen molar-refractivity contribution in [2.75, 3.05) is 23.8 Å². The second kappa shape index (κ2) is 5.22. The van der Waals surface area contributed by atoms with E-state index in [0.29, 0.717) is 12.2 Å². The molecule has 0 amide bonds. The third-order valence-corrected chi connectivity index (χ3v) is 3.39. The molecule has 3 N–H and O–H groups in total. The summed E-state index contributed by atoms with van der Waals surface area (Å²) >= 11 is 0. The summed E-state index contributed by atoms with van der Waals surface area (Å²) < 4.78 is 0. The van der Waals surface area contributed by atoms with Crippen molar-refractivity contribution in [2.24, 2.45) is 0 Å². The molecular formula is C12H17N3O3. The highest BCUT2D eigenvalue weighted by molar-refractivity contribution is 5.75. The third kappa shape index (κ3) is 2.24. The largest absolute Gasteiger partial charge is 0.395 e. The molecule has 1 aromatic carbocycles. The maximum Gasteiger partial charge on any atom is 0.315 e. The van der Waals surface area contributed by atoms with Gasteiger partial charge in [-0.3, -0.25) is 10.1 Å². The van der Waals surface area contributed by atoms with Gasteiger partial charge in [0.15, 0.2) is 0 Å². The predicted molar refractivity (Wildman–Crippen MR) is 69.6 cm³/mol. The first-order chi connectivity index (χ1) is 8.65. The lowest BCUT2D eigenvalue weighted by molar-refractivity contribution is -0.383. The number of para-hydroxylation sites is 1. The van der Waals surface area contributed by atoms with Crippen LogP contribution in [-0.2, 0) is 0 Å². The van der Waals surface area contributed by atoms with Crippen LogP contribution in [0.25, 0.3) is 0 Å². The van der Waals surface area contributed by atoms with E-state index in [1.165, 1.54) is 6.07 Å². The molecule has 6 heteroatoms. The molecular weight excluding hydrogens is 234 g/mol. The van der Waals surface area contributed by atoms with E-state index in [4.69, 9.17) is 10.8 Å². The summed E-state index contributed by atoms with van der Waals surface area (Å²) in [6, 6.07) is 5.21. The van der Waals surface area contributed by atoms with Gasteiger partial charge in [0.2, 0.25) is 0 Å². The molecule has 2 rings (SSSR count). The molecule has 0 aromatic heterocycles. The second-order valence-electron chi connectivity index (χ2n) is 4.47. The first-order valence-corrected chi connectivity index (χ1v) is 6.05. The minimum absolute atomic E-state index is 0.0253. The summed E-state index contributed by atoms with van der Waals surface area (Å²) in [6.45, 7) is 0.372. The molecule has 0 bridgehead atoms. The molecule has 1 aromatic rings. The van der Waals surface area contributed by atoms with Gasteiger partial charge in [-0.05, 0) is 31.4 Å². The van der Waals surface area contributed by atoms with Crippen molar-refractivity contribution in [3.05, 3.63) is 28.3 Å². The predicted octanol–water partition coefficient (Wildman–Crippen LogP) is 1.53. The van der Waals surface area contributed by atoms with Crippen LogP contribution >= 0.6 is 0 Å². The number of nitrogens with zero attached hydrogens (tertiary/aromatic N) is 2. The van der Waals surface area contributed by atoms with E-state index >= 15 is 0 Å². The van der Waals surface area contributed by atoms with Gasteiger partial charge < -0.3 is 15.7 Å². The Morgan fingerprint density at radius 3 is 2.72 bits per heavy atom. The molecule has 1 aliphatic rings. The molecule has 1 saturated carbocycles. The molecule has 98 valence electrons. The highest BCUT2D eigenvalue weighted by Crippen LogP contribution is 2.38. The van der Waals surface area contributed by atoms with Crippen LogP contribution in [0.4, 0.5) is 17.1 Å². The normalized spacial score (nSPS) is 15.2. The third-order valence-electron chi connectivity index (χ3n) is 3.39. The van der Waals surface area contributed by atoms with Crippen LogP contribution in [-0.4, -0.2) is 29.2 Å². The molecule has 0 saturated heterocycles. The zero-order valence-corrected chi connectivity index (χ0v) is 10.1. The van der Waals surface area contributed by atoms with E-state index < -0.39 is 4.92 Å². The Kier molecular flexibility index (Phi) is 3.66.